The lowest BCUT2D eigenvalue weighted by molar-refractivity contribution is 0.0800. The number of fused-ring (bicyclic) bond motifs is 1. The molecule has 0 radical (unpaired) electrons. The monoisotopic (exact) mass is 323 g/mol. The van der Waals surface area contributed by atoms with Gasteiger partial charge in [-0.05, 0) is 18.6 Å². The predicted octanol–water partition coefficient (Wildman–Crippen LogP) is 1.60. The van der Waals surface area contributed by atoms with Crippen LogP contribution in [0.5, 0.6) is 5.75 Å². The molecule has 0 unspecified atom stereocenters. The molecule has 2 aliphatic rings. The zero-order valence-corrected chi connectivity index (χ0v) is 13.3. The number of hydrogen-bond donors (Lipinski definition) is 1. The first kappa shape index (κ1) is 14.6. The number of rotatable bonds is 2. The summed E-state index contributed by atoms with van der Waals surface area (Å²) in [5, 5.41) is 3.24. The van der Waals surface area contributed by atoms with E-state index in [1.54, 1.807) is 29.6 Å². The maximum atomic E-state index is 12.7. The molecule has 122 valence electrons. The van der Waals surface area contributed by atoms with Gasteiger partial charge in [-0.1, -0.05) is 6.08 Å². The fourth-order valence-corrected chi connectivity index (χ4v) is 2.84. The topological polar surface area (TPSA) is 80.2 Å². The highest BCUT2D eigenvalue weighted by Crippen LogP contribution is 2.28. The van der Waals surface area contributed by atoms with E-state index in [-0.39, 0.29) is 11.9 Å². The number of pyridine rings is 1. The van der Waals surface area contributed by atoms with Gasteiger partial charge in [-0.2, -0.15) is 0 Å². The van der Waals surface area contributed by atoms with E-state index in [1.165, 1.54) is 6.33 Å². The minimum Gasteiger partial charge on any atom is -0.488 e. The standard InChI is InChI=1S/C17H17N5O2/c1-11-9-24-15-4-13(7-20-16(15)21-11)17(23)22-3-2-12(8-22)14-5-18-10-19-6-14/h2,4-7,10-11H,3,8-9H2,1H3,(H,20,21)/t11-/m0/s1. The zero-order chi connectivity index (χ0) is 16.5. The fraction of sp³-hybridized carbons (Fsp3) is 0.294. The van der Waals surface area contributed by atoms with Crippen LogP contribution < -0.4 is 10.1 Å². The molecule has 4 heterocycles. The van der Waals surface area contributed by atoms with Crippen LogP contribution in [0.2, 0.25) is 0 Å². The number of nitrogens with zero attached hydrogens (tertiary/aromatic N) is 4. The van der Waals surface area contributed by atoms with Crippen molar-refractivity contribution < 1.29 is 9.53 Å². The highest BCUT2D eigenvalue weighted by molar-refractivity contribution is 5.96. The Balaban J connectivity index is 1.50. The first-order valence-electron chi connectivity index (χ1n) is 7.84. The Bertz CT molecular complexity index is 806. The van der Waals surface area contributed by atoms with Crippen molar-refractivity contribution in [2.75, 3.05) is 25.0 Å². The molecule has 7 nitrogen and oxygen atoms in total. The van der Waals surface area contributed by atoms with Crippen molar-refractivity contribution in [3.05, 3.63) is 48.2 Å². The number of amides is 1. The summed E-state index contributed by atoms with van der Waals surface area (Å²) in [5.41, 5.74) is 2.53. The van der Waals surface area contributed by atoms with Gasteiger partial charge in [-0.3, -0.25) is 4.79 Å². The molecule has 2 aromatic heterocycles. The van der Waals surface area contributed by atoms with Gasteiger partial charge in [0.15, 0.2) is 11.6 Å². The summed E-state index contributed by atoms with van der Waals surface area (Å²) >= 11 is 0. The summed E-state index contributed by atoms with van der Waals surface area (Å²) in [6.07, 6.45) is 8.64. The molecule has 2 aromatic rings. The van der Waals surface area contributed by atoms with E-state index >= 15 is 0 Å². The largest absolute Gasteiger partial charge is 0.488 e. The second kappa shape index (κ2) is 5.92. The van der Waals surface area contributed by atoms with Crippen LogP contribution in [0.4, 0.5) is 5.82 Å². The third-order valence-corrected chi connectivity index (χ3v) is 4.11. The predicted molar refractivity (Wildman–Crippen MR) is 88.7 cm³/mol. The third-order valence-electron chi connectivity index (χ3n) is 4.11. The van der Waals surface area contributed by atoms with Crippen LogP contribution in [-0.4, -0.2) is 51.5 Å². The minimum atomic E-state index is -0.0596. The van der Waals surface area contributed by atoms with Gasteiger partial charge >= 0.3 is 0 Å². The average Bonchev–Trinajstić information content (AvgIpc) is 3.11. The molecule has 7 heteroatoms. The highest BCUT2D eigenvalue weighted by Gasteiger charge is 2.24. The second-order valence-corrected chi connectivity index (χ2v) is 5.97. The van der Waals surface area contributed by atoms with Crippen LogP contribution in [0, 0.1) is 0 Å². The first-order valence-corrected chi connectivity index (χ1v) is 7.84. The lowest BCUT2D eigenvalue weighted by Gasteiger charge is -2.24. The van der Waals surface area contributed by atoms with Crippen LogP contribution in [0.15, 0.2) is 37.1 Å². The van der Waals surface area contributed by atoms with E-state index in [1.807, 2.05) is 13.0 Å². The van der Waals surface area contributed by atoms with E-state index in [0.29, 0.717) is 36.8 Å². The van der Waals surface area contributed by atoms with Crippen LogP contribution in [0.25, 0.3) is 5.57 Å². The number of nitrogens with one attached hydrogen (secondary N) is 1. The quantitative estimate of drug-likeness (QED) is 0.904. The van der Waals surface area contributed by atoms with Crippen molar-refractivity contribution in [3.63, 3.8) is 0 Å². The molecule has 0 saturated heterocycles. The molecule has 2 aliphatic heterocycles. The maximum Gasteiger partial charge on any atom is 0.256 e. The van der Waals surface area contributed by atoms with Crippen molar-refractivity contribution in [3.8, 4) is 5.75 Å². The lowest BCUT2D eigenvalue weighted by atomic mass is 10.1. The average molecular weight is 323 g/mol. The molecule has 0 fully saturated rings. The molecule has 4 rings (SSSR count). The van der Waals surface area contributed by atoms with Crippen LogP contribution >= 0.6 is 0 Å². The van der Waals surface area contributed by atoms with Gasteiger partial charge in [0, 0.05) is 37.2 Å². The molecule has 1 atom stereocenters. The normalized spacial score (nSPS) is 19.1. The highest BCUT2D eigenvalue weighted by atomic mass is 16.5. The Morgan fingerprint density at radius 1 is 1.33 bits per heavy atom. The van der Waals surface area contributed by atoms with E-state index in [2.05, 4.69) is 20.3 Å². The zero-order valence-electron chi connectivity index (χ0n) is 13.3. The molecule has 0 spiro atoms. The first-order chi connectivity index (χ1) is 11.7. The molecular weight excluding hydrogens is 306 g/mol. The smallest absolute Gasteiger partial charge is 0.256 e. The second-order valence-electron chi connectivity index (χ2n) is 5.97. The molecule has 0 bridgehead atoms. The number of hydrogen-bond acceptors (Lipinski definition) is 6. The Morgan fingerprint density at radius 2 is 2.17 bits per heavy atom. The maximum absolute atomic E-state index is 12.7. The van der Waals surface area contributed by atoms with Crippen molar-refractivity contribution in [1.29, 1.82) is 0 Å². The number of ether oxygens (including phenoxy) is 1. The van der Waals surface area contributed by atoms with Gasteiger partial charge in [0.25, 0.3) is 5.91 Å². The fourth-order valence-electron chi connectivity index (χ4n) is 2.84. The van der Waals surface area contributed by atoms with E-state index in [4.69, 9.17) is 4.74 Å². The summed E-state index contributed by atoms with van der Waals surface area (Å²) in [7, 11) is 0. The summed E-state index contributed by atoms with van der Waals surface area (Å²) in [5.74, 6) is 1.25. The number of carbonyl (C=O) groups is 1. The van der Waals surface area contributed by atoms with Gasteiger partial charge in [-0.15, -0.1) is 0 Å². The van der Waals surface area contributed by atoms with E-state index in [9.17, 15) is 4.79 Å². The van der Waals surface area contributed by atoms with E-state index < -0.39 is 0 Å². The van der Waals surface area contributed by atoms with E-state index in [0.717, 1.165) is 11.1 Å². The molecule has 1 amide bonds. The number of aromatic nitrogens is 3. The molecule has 0 saturated carbocycles. The summed E-state index contributed by atoms with van der Waals surface area (Å²) in [4.78, 5) is 26.9. The summed E-state index contributed by atoms with van der Waals surface area (Å²) in [6.45, 7) is 3.69. The Kier molecular flexibility index (Phi) is 3.60. The van der Waals surface area contributed by atoms with Crippen molar-refractivity contribution in [2.24, 2.45) is 0 Å². The van der Waals surface area contributed by atoms with Crippen LogP contribution in [0.1, 0.15) is 22.8 Å². The molecule has 0 aliphatic carbocycles. The molecule has 0 aromatic carbocycles. The lowest BCUT2D eigenvalue weighted by Crippen LogP contribution is -2.31. The summed E-state index contributed by atoms with van der Waals surface area (Å²) in [6, 6.07) is 1.97. The minimum absolute atomic E-state index is 0.0596. The van der Waals surface area contributed by atoms with Crippen LogP contribution in [0.3, 0.4) is 0 Å². The Labute approximate surface area is 139 Å². The number of anilines is 1. The SMILES string of the molecule is C[C@H]1COc2cc(C(=O)N3CC=C(c4cncnc4)C3)cnc2N1. The van der Waals surface area contributed by atoms with Crippen molar-refractivity contribution in [2.45, 2.75) is 13.0 Å². The van der Waals surface area contributed by atoms with Crippen molar-refractivity contribution in [1.82, 2.24) is 19.9 Å². The van der Waals surface area contributed by atoms with Crippen molar-refractivity contribution >= 4 is 17.3 Å². The molecular formula is C17H17N5O2. The summed E-state index contributed by atoms with van der Waals surface area (Å²) < 4.78 is 5.65. The number of carbonyl (C=O) groups excluding carboxylic acids is 1. The van der Waals surface area contributed by atoms with Gasteiger partial charge in [0.2, 0.25) is 0 Å². The Morgan fingerprint density at radius 3 is 3.00 bits per heavy atom. The Hall–Kier alpha value is -2.96. The van der Waals surface area contributed by atoms with Gasteiger partial charge in [0.1, 0.15) is 12.9 Å². The molecule has 1 N–H and O–H groups in total. The van der Waals surface area contributed by atoms with Gasteiger partial charge < -0.3 is 15.0 Å². The van der Waals surface area contributed by atoms with Crippen LogP contribution in [-0.2, 0) is 0 Å². The third kappa shape index (κ3) is 2.68. The van der Waals surface area contributed by atoms with Gasteiger partial charge in [0.05, 0.1) is 11.6 Å². The molecule has 24 heavy (non-hydrogen) atoms. The van der Waals surface area contributed by atoms with Gasteiger partial charge in [-0.25, -0.2) is 15.0 Å².